The van der Waals surface area contributed by atoms with Gasteiger partial charge in [0.15, 0.2) is 0 Å². The highest BCUT2D eigenvalue weighted by Gasteiger charge is 2.32. The lowest BCUT2D eigenvalue weighted by Gasteiger charge is -2.26. The number of nitrogens with two attached hydrogens (primary N) is 1. The molecule has 0 saturated heterocycles. The van der Waals surface area contributed by atoms with Crippen molar-refractivity contribution in [2.24, 2.45) is 15.8 Å². The maximum absolute atomic E-state index is 6.11. The summed E-state index contributed by atoms with van der Waals surface area (Å²) in [7, 11) is 0. The molecular formula is C20H18N6. The van der Waals surface area contributed by atoms with Crippen LogP contribution in [0.4, 0.5) is 0 Å². The summed E-state index contributed by atoms with van der Waals surface area (Å²) in [5.41, 5.74) is 10.6. The lowest BCUT2D eigenvalue weighted by molar-refractivity contribution is 0.337. The van der Waals surface area contributed by atoms with Gasteiger partial charge in [0.1, 0.15) is 18.2 Å². The van der Waals surface area contributed by atoms with E-state index in [0.29, 0.717) is 5.84 Å². The first-order chi connectivity index (χ1) is 12.8. The van der Waals surface area contributed by atoms with Gasteiger partial charge in [-0.2, -0.15) is 10.2 Å². The normalized spacial score (nSPS) is 18.8. The maximum Gasteiger partial charge on any atom is 0.137 e. The summed E-state index contributed by atoms with van der Waals surface area (Å²) >= 11 is 0. The van der Waals surface area contributed by atoms with Gasteiger partial charge in [-0.25, -0.2) is 4.99 Å². The minimum Gasteiger partial charge on any atom is -0.385 e. The average molecular weight is 342 g/mol. The first-order valence-corrected chi connectivity index (χ1v) is 8.62. The molecule has 0 spiro atoms. The zero-order valence-corrected chi connectivity index (χ0v) is 14.2. The van der Waals surface area contributed by atoms with E-state index in [1.54, 1.807) is 0 Å². The number of rotatable bonds is 3. The van der Waals surface area contributed by atoms with Gasteiger partial charge in [0.2, 0.25) is 0 Å². The third-order valence-corrected chi connectivity index (χ3v) is 4.85. The van der Waals surface area contributed by atoms with E-state index < -0.39 is 0 Å². The molecule has 0 aliphatic carbocycles. The summed E-state index contributed by atoms with van der Waals surface area (Å²) in [6.45, 7) is 1.51. The third kappa shape index (κ3) is 2.47. The van der Waals surface area contributed by atoms with Crippen LogP contribution < -0.4 is 5.73 Å². The van der Waals surface area contributed by atoms with Crippen LogP contribution in [-0.4, -0.2) is 39.6 Å². The minimum absolute atomic E-state index is 0.0798. The number of aromatic nitrogens is 2. The van der Waals surface area contributed by atoms with Gasteiger partial charge in [-0.05, 0) is 22.8 Å². The molecule has 5 rings (SSSR count). The van der Waals surface area contributed by atoms with Crippen molar-refractivity contribution >= 4 is 28.7 Å². The highest BCUT2D eigenvalue weighted by molar-refractivity contribution is 6.03. The number of fused-ring (bicyclic) bond motifs is 2. The van der Waals surface area contributed by atoms with Gasteiger partial charge in [0, 0.05) is 11.6 Å². The van der Waals surface area contributed by atoms with Gasteiger partial charge in [-0.3, -0.25) is 9.69 Å². The smallest absolute Gasteiger partial charge is 0.137 e. The largest absolute Gasteiger partial charge is 0.385 e. The van der Waals surface area contributed by atoms with E-state index in [0.717, 1.165) is 35.1 Å². The Hall–Kier alpha value is -3.41. The summed E-state index contributed by atoms with van der Waals surface area (Å²) < 4.78 is 1.99. The molecule has 1 unspecified atom stereocenters. The van der Waals surface area contributed by atoms with Gasteiger partial charge in [0.05, 0.1) is 18.6 Å². The highest BCUT2D eigenvalue weighted by Crippen LogP contribution is 2.31. The molecule has 1 aromatic heterocycles. The Morgan fingerprint density at radius 1 is 1.12 bits per heavy atom. The molecule has 0 radical (unpaired) electrons. The van der Waals surface area contributed by atoms with Crippen LogP contribution in [0, 0.1) is 0 Å². The molecule has 6 nitrogen and oxygen atoms in total. The van der Waals surface area contributed by atoms with Crippen LogP contribution in [0.1, 0.15) is 11.1 Å². The Labute approximate surface area is 150 Å². The molecule has 3 aromatic rings. The Morgan fingerprint density at radius 3 is 2.88 bits per heavy atom. The third-order valence-electron chi connectivity index (χ3n) is 4.85. The fraction of sp³-hybridized carbons (Fsp3) is 0.150. The minimum atomic E-state index is -0.0798. The van der Waals surface area contributed by atoms with Crippen molar-refractivity contribution < 1.29 is 0 Å². The first kappa shape index (κ1) is 14.9. The fourth-order valence-corrected chi connectivity index (χ4v) is 3.60. The number of aliphatic imine (C=N–C) groups is 1. The second-order valence-corrected chi connectivity index (χ2v) is 6.55. The number of amidine groups is 1. The van der Waals surface area contributed by atoms with Gasteiger partial charge in [-0.1, -0.05) is 48.5 Å². The van der Waals surface area contributed by atoms with Crippen molar-refractivity contribution in [3.63, 3.8) is 0 Å². The molecule has 0 amide bonds. The molecule has 0 bridgehead atoms. The summed E-state index contributed by atoms with van der Waals surface area (Å²) in [5, 5.41) is 12.1. The Bertz CT molecular complexity index is 1060. The SMILES string of the molecule is NC1=NC=NN2CC=C(c3ccc4cn(Cc5ccccc5)nc4c3)C12. The van der Waals surface area contributed by atoms with Crippen molar-refractivity contribution in [2.75, 3.05) is 6.54 Å². The van der Waals surface area contributed by atoms with Crippen LogP contribution in [-0.2, 0) is 6.54 Å². The van der Waals surface area contributed by atoms with Crippen LogP contribution in [0.5, 0.6) is 0 Å². The van der Waals surface area contributed by atoms with Gasteiger partial charge < -0.3 is 5.73 Å². The maximum atomic E-state index is 6.11. The van der Waals surface area contributed by atoms with E-state index in [1.165, 1.54) is 11.9 Å². The number of hydrazone groups is 1. The number of hydrogen-bond acceptors (Lipinski definition) is 5. The van der Waals surface area contributed by atoms with E-state index in [9.17, 15) is 0 Å². The Kier molecular flexibility index (Phi) is 3.35. The van der Waals surface area contributed by atoms with E-state index >= 15 is 0 Å². The molecular weight excluding hydrogens is 324 g/mol. The van der Waals surface area contributed by atoms with E-state index in [2.05, 4.69) is 52.7 Å². The predicted octanol–water partition coefficient (Wildman–Crippen LogP) is 2.47. The summed E-state index contributed by atoms with van der Waals surface area (Å²) in [6.07, 6.45) is 5.76. The van der Waals surface area contributed by atoms with Crippen LogP contribution in [0.3, 0.4) is 0 Å². The zero-order valence-electron chi connectivity index (χ0n) is 14.2. The van der Waals surface area contributed by atoms with Crippen LogP contribution in [0.2, 0.25) is 0 Å². The Morgan fingerprint density at radius 2 is 2.00 bits per heavy atom. The van der Waals surface area contributed by atoms with Gasteiger partial charge in [0.25, 0.3) is 0 Å². The van der Waals surface area contributed by atoms with Crippen LogP contribution >= 0.6 is 0 Å². The number of nitrogens with zero attached hydrogens (tertiary/aromatic N) is 5. The van der Waals surface area contributed by atoms with Crippen molar-refractivity contribution in [1.29, 1.82) is 0 Å². The van der Waals surface area contributed by atoms with Crippen LogP contribution in [0.25, 0.3) is 16.5 Å². The summed E-state index contributed by atoms with van der Waals surface area (Å²) in [4.78, 5) is 4.16. The molecule has 2 N–H and O–H groups in total. The second kappa shape index (κ2) is 5.84. The molecule has 2 aliphatic rings. The predicted molar refractivity (Wildman–Crippen MR) is 104 cm³/mol. The van der Waals surface area contributed by atoms with Gasteiger partial charge in [-0.15, -0.1) is 0 Å². The van der Waals surface area contributed by atoms with E-state index in [1.807, 2.05) is 27.9 Å². The molecule has 6 heteroatoms. The summed E-state index contributed by atoms with van der Waals surface area (Å²) in [6, 6.07) is 16.6. The molecule has 3 heterocycles. The lowest BCUT2D eigenvalue weighted by atomic mass is 9.98. The standard InChI is InChI=1S/C20H18N6/c21-20-19-17(8-9-26(19)23-13-22-20)15-6-7-16-12-25(24-18(16)10-15)11-14-4-2-1-3-5-14/h1-8,10,12-13,19H,9,11H2,(H2,21,22,23). The lowest BCUT2D eigenvalue weighted by Crippen LogP contribution is -2.41. The molecule has 2 aromatic carbocycles. The van der Waals surface area contributed by atoms with Crippen molar-refractivity contribution in [2.45, 2.75) is 12.6 Å². The summed E-state index contributed by atoms with van der Waals surface area (Å²) in [5.74, 6) is 0.582. The molecule has 1 atom stereocenters. The molecule has 0 fully saturated rings. The molecule has 128 valence electrons. The molecule has 0 saturated carbocycles. The number of hydrogen-bond donors (Lipinski definition) is 1. The second-order valence-electron chi connectivity index (χ2n) is 6.55. The fourth-order valence-electron chi connectivity index (χ4n) is 3.60. The van der Waals surface area contributed by atoms with E-state index in [-0.39, 0.29) is 6.04 Å². The molecule has 2 aliphatic heterocycles. The average Bonchev–Trinajstić information content (AvgIpc) is 3.26. The first-order valence-electron chi connectivity index (χ1n) is 8.62. The zero-order chi connectivity index (χ0) is 17.5. The van der Waals surface area contributed by atoms with Crippen molar-refractivity contribution in [3.8, 4) is 0 Å². The Balaban J connectivity index is 1.47. The van der Waals surface area contributed by atoms with Gasteiger partial charge >= 0.3 is 0 Å². The monoisotopic (exact) mass is 342 g/mol. The van der Waals surface area contributed by atoms with Crippen molar-refractivity contribution in [3.05, 3.63) is 71.9 Å². The van der Waals surface area contributed by atoms with Crippen LogP contribution in [0.15, 0.2) is 70.9 Å². The quantitative estimate of drug-likeness (QED) is 0.795. The van der Waals surface area contributed by atoms with E-state index in [4.69, 9.17) is 10.8 Å². The molecule has 26 heavy (non-hydrogen) atoms. The highest BCUT2D eigenvalue weighted by atomic mass is 15.5. The topological polar surface area (TPSA) is 71.8 Å². The number of benzene rings is 2. The van der Waals surface area contributed by atoms with Crippen molar-refractivity contribution in [1.82, 2.24) is 14.8 Å².